The van der Waals surface area contributed by atoms with Crippen molar-refractivity contribution in [1.82, 2.24) is 4.90 Å². The van der Waals surface area contributed by atoms with Crippen molar-refractivity contribution >= 4 is 18.5 Å². The van der Waals surface area contributed by atoms with Crippen LogP contribution in [0.3, 0.4) is 0 Å². The molecule has 0 spiro atoms. The minimum Gasteiger partial charge on any atom is -0.301 e. The molecule has 0 saturated heterocycles. The monoisotopic (exact) mass is 411 g/mol. The van der Waals surface area contributed by atoms with Crippen molar-refractivity contribution in [3.63, 3.8) is 0 Å². The highest BCUT2D eigenvalue weighted by atomic mass is 31.1. The Balaban J connectivity index is 1.94. The predicted octanol–water partition coefficient (Wildman–Crippen LogP) is 5.89. The third-order valence-corrected chi connectivity index (χ3v) is 8.99. The zero-order chi connectivity index (χ0) is 20.9. The fourth-order valence-corrected chi connectivity index (χ4v) is 8.07. The second-order valence-electron chi connectivity index (χ2n) is 8.32. The Bertz CT molecular complexity index is 924. The Hall–Kier alpha value is -2.39. The second-order valence-corrected chi connectivity index (χ2v) is 10.6. The molecule has 1 aliphatic carbocycles. The van der Waals surface area contributed by atoms with Crippen LogP contribution in [0.5, 0.6) is 0 Å². The molecule has 0 amide bonds. The number of rotatable bonds is 7. The van der Waals surface area contributed by atoms with Crippen LogP contribution in [0.1, 0.15) is 37.8 Å². The minimum atomic E-state index is -0.571. The third-order valence-electron chi connectivity index (χ3n) is 6.13. The Morgan fingerprint density at radius 1 is 0.833 bits per heavy atom. The fraction of sp³-hybridized carbons (Fsp3) is 0.286. The Kier molecular flexibility index (Phi) is 6.69. The van der Waals surface area contributed by atoms with Gasteiger partial charge in [-0.15, -0.1) is 0 Å². The summed E-state index contributed by atoms with van der Waals surface area (Å²) >= 11 is 0. The van der Waals surface area contributed by atoms with E-state index < -0.39 is 7.92 Å². The molecule has 0 aliphatic heterocycles. The smallest absolute Gasteiger partial charge is 0.0459 e. The summed E-state index contributed by atoms with van der Waals surface area (Å²) < 4.78 is 0. The quantitative estimate of drug-likeness (QED) is 0.346. The highest BCUT2D eigenvalue weighted by Crippen LogP contribution is 2.53. The van der Waals surface area contributed by atoms with Crippen molar-refractivity contribution in [3.8, 4) is 0 Å². The van der Waals surface area contributed by atoms with Gasteiger partial charge in [0, 0.05) is 11.7 Å². The molecular formula is C28H30NP. The van der Waals surface area contributed by atoms with Gasteiger partial charge >= 0.3 is 0 Å². The molecule has 1 unspecified atom stereocenters. The lowest BCUT2D eigenvalue weighted by Crippen LogP contribution is -2.36. The van der Waals surface area contributed by atoms with E-state index in [0.29, 0.717) is 11.7 Å². The van der Waals surface area contributed by atoms with Crippen LogP contribution in [0.2, 0.25) is 0 Å². The lowest BCUT2D eigenvalue weighted by Gasteiger charge is -2.40. The summed E-state index contributed by atoms with van der Waals surface area (Å²) in [5.41, 5.74) is 5.02. The number of benzene rings is 2. The molecule has 1 nitrogen and oxygen atoms in total. The lowest BCUT2D eigenvalue weighted by atomic mass is 9.95. The fourth-order valence-electron chi connectivity index (χ4n) is 4.76. The summed E-state index contributed by atoms with van der Waals surface area (Å²) in [4.78, 5) is 2.41. The van der Waals surface area contributed by atoms with Crippen molar-refractivity contribution < 1.29 is 0 Å². The van der Waals surface area contributed by atoms with Crippen LogP contribution in [-0.2, 0) is 0 Å². The van der Waals surface area contributed by atoms with Crippen LogP contribution >= 0.6 is 7.92 Å². The first-order chi connectivity index (χ1) is 14.7. The molecule has 0 radical (unpaired) electrons. The molecule has 0 aromatic heterocycles. The highest BCUT2D eigenvalue weighted by Gasteiger charge is 2.38. The van der Waals surface area contributed by atoms with Gasteiger partial charge in [0.25, 0.3) is 0 Å². The van der Waals surface area contributed by atoms with Gasteiger partial charge in [-0.2, -0.15) is 0 Å². The molecule has 0 saturated carbocycles. The van der Waals surface area contributed by atoms with Gasteiger partial charge in [-0.05, 0) is 82.6 Å². The molecule has 0 bridgehead atoms. The van der Waals surface area contributed by atoms with E-state index in [-0.39, 0.29) is 0 Å². The summed E-state index contributed by atoms with van der Waals surface area (Å²) in [5.74, 6) is 0. The standard InChI is InChI=1S/C28H30NP/c1-22-14-13-21-26(22)28(27(29(2)3)23-15-7-4-8-16-23)30(24-17-9-5-10-18-24)25-19-11-6-12-20-25/h5-7,9-12,15-20,27-28H,13-14,21H2,1-3H3/t27-,28?/m1/s1. The second kappa shape index (κ2) is 9.61. The van der Waals surface area contributed by atoms with Crippen LogP contribution in [0.15, 0.2) is 90.0 Å². The summed E-state index contributed by atoms with van der Waals surface area (Å²) in [6.07, 6.45) is 3.72. The Morgan fingerprint density at radius 2 is 1.47 bits per heavy atom. The third kappa shape index (κ3) is 4.37. The van der Waals surface area contributed by atoms with E-state index in [9.17, 15) is 0 Å². The van der Waals surface area contributed by atoms with Crippen LogP contribution in [0, 0.1) is 12.1 Å². The molecule has 2 atom stereocenters. The SMILES string of the molecule is CC1=C(C([C@@H](c2cc#ccc2)N(C)C)P(c2ccccc2)c2ccccc2)CCC1. The molecule has 3 aromatic rings. The Morgan fingerprint density at radius 3 is 1.93 bits per heavy atom. The van der Waals surface area contributed by atoms with E-state index in [1.807, 2.05) is 6.07 Å². The molecule has 0 heterocycles. The van der Waals surface area contributed by atoms with Crippen molar-refractivity contribution in [2.24, 2.45) is 0 Å². The molecule has 1 aliphatic rings. The van der Waals surface area contributed by atoms with Gasteiger partial charge in [0.05, 0.1) is 0 Å². The molecule has 0 fully saturated rings. The van der Waals surface area contributed by atoms with Crippen LogP contribution in [-0.4, -0.2) is 24.7 Å². The van der Waals surface area contributed by atoms with Gasteiger partial charge in [-0.1, -0.05) is 83.9 Å². The predicted molar refractivity (Wildman–Crippen MR) is 130 cm³/mol. The minimum absolute atomic E-state index is 0.297. The lowest BCUT2D eigenvalue weighted by molar-refractivity contribution is 0.300. The normalized spacial score (nSPS) is 16.0. The van der Waals surface area contributed by atoms with Crippen molar-refractivity contribution in [3.05, 3.63) is 108 Å². The van der Waals surface area contributed by atoms with Crippen LogP contribution in [0.25, 0.3) is 0 Å². The number of nitrogens with zero attached hydrogens (tertiary/aromatic N) is 1. The van der Waals surface area contributed by atoms with Crippen LogP contribution in [0.4, 0.5) is 0 Å². The highest BCUT2D eigenvalue weighted by molar-refractivity contribution is 7.73. The average Bonchev–Trinajstić information content (AvgIpc) is 3.21. The number of allylic oxidation sites excluding steroid dienone is 1. The molecular weight excluding hydrogens is 381 g/mol. The van der Waals surface area contributed by atoms with E-state index >= 15 is 0 Å². The zero-order valence-corrected chi connectivity index (χ0v) is 19.1. The molecule has 152 valence electrons. The summed E-state index contributed by atoms with van der Waals surface area (Å²) in [7, 11) is 3.88. The summed E-state index contributed by atoms with van der Waals surface area (Å²) in [6, 6.07) is 35.3. The summed E-state index contributed by atoms with van der Waals surface area (Å²) in [5, 5.41) is 2.91. The van der Waals surface area contributed by atoms with E-state index in [4.69, 9.17) is 0 Å². The first-order valence-electron chi connectivity index (χ1n) is 10.8. The van der Waals surface area contributed by atoms with Crippen molar-refractivity contribution in [2.45, 2.75) is 37.9 Å². The largest absolute Gasteiger partial charge is 0.301 e. The number of hydrogen-bond donors (Lipinski definition) is 0. The first-order valence-corrected chi connectivity index (χ1v) is 12.2. The van der Waals surface area contributed by atoms with Gasteiger partial charge in [0.1, 0.15) is 0 Å². The van der Waals surface area contributed by atoms with E-state index in [0.717, 1.165) is 0 Å². The molecule has 0 N–H and O–H groups in total. The topological polar surface area (TPSA) is 3.24 Å². The number of hydrogen-bond acceptors (Lipinski definition) is 1. The molecule has 3 aromatic carbocycles. The zero-order valence-electron chi connectivity index (χ0n) is 18.2. The van der Waals surface area contributed by atoms with Gasteiger partial charge in [0.2, 0.25) is 0 Å². The van der Waals surface area contributed by atoms with E-state index in [2.05, 4.69) is 111 Å². The maximum Gasteiger partial charge on any atom is 0.0459 e. The Labute approximate surface area is 183 Å². The van der Waals surface area contributed by atoms with Crippen LogP contribution < -0.4 is 10.6 Å². The van der Waals surface area contributed by atoms with Gasteiger partial charge in [-0.3, -0.25) is 0 Å². The molecule has 4 rings (SSSR count). The average molecular weight is 412 g/mol. The molecule has 30 heavy (non-hydrogen) atoms. The van der Waals surface area contributed by atoms with E-state index in [1.54, 1.807) is 11.1 Å². The maximum atomic E-state index is 3.21. The molecule has 2 heteroatoms. The first kappa shape index (κ1) is 20.9. The summed E-state index contributed by atoms with van der Waals surface area (Å²) in [6.45, 7) is 2.36. The van der Waals surface area contributed by atoms with Gasteiger partial charge < -0.3 is 4.90 Å². The van der Waals surface area contributed by atoms with Gasteiger partial charge in [0.15, 0.2) is 0 Å². The van der Waals surface area contributed by atoms with Crippen molar-refractivity contribution in [1.29, 1.82) is 0 Å². The van der Waals surface area contributed by atoms with Gasteiger partial charge in [-0.25, -0.2) is 0 Å². The van der Waals surface area contributed by atoms with E-state index in [1.165, 1.54) is 35.4 Å². The maximum absolute atomic E-state index is 3.21. The van der Waals surface area contributed by atoms with Crippen molar-refractivity contribution in [2.75, 3.05) is 14.1 Å².